The van der Waals surface area contributed by atoms with Gasteiger partial charge in [-0.25, -0.2) is 0 Å². The smallest absolute Gasteiger partial charge is 0.0198 e. The summed E-state index contributed by atoms with van der Waals surface area (Å²) in [6, 6.07) is 0.654. The van der Waals surface area contributed by atoms with Crippen molar-refractivity contribution in [3.8, 4) is 0 Å². The van der Waals surface area contributed by atoms with Gasteiger partial charge in [-0.15, -0.1) is 8.58 Å². The molecular formula is C19H44NPS. The van der Waals surface area contributed by atoms with Gasteiger partial charge in [-0.05, 0) is 51.3 Å². The normalized spacial score (nSPS) is 13.9. The van der Waals surface area contributed by atoms with Crippen LogP contribution < -0.4 is 5.32 Å². The summed E-state index contributed by atoms with van der Waals surface area (Å²) < 4.78 is 0. The van der Waals surface area contributed by atoms with Crippen molar-refractivity contribution < 1.29 is 0 Å². The van der Waals surface area contributed by atoms with Crippen molar-refractivity contribution in [1.82, 2.24) is 5.32 Å². The molecule has 22 heavy (non-hydrogen) atoms. The van der Waals surface area contributed by atoms with Gasteiger partial charge >= 0.3 is 0 Å². The van der Waals surface area contributed by atoms with Crippen molar-refractivity contribution in [3.63, 3.8) is 0 Å². The SMILES string of the molecule is CCC.CCCCCCPCCCCC(SCC)C(C)NC. The van der Waals surface area contributed by atoms with E-state index in [0.717, 1.165) is 5.25 Å². The topological polar surface area (TPSA) is 12.0 Å². The molecule has 0 saturated heterocycles. The zero-order chi connectivity index (χ0) is 17.1. The zero-order valence-corrected chi connectivity index (χ0v) is 18.2. The van der Waals surface area contributed by atoms with E-state index in [1.165, 1.54) is 78.0 Å². The molecule has 0 aromatic rings. The first kappa shape index (κ1) is 25.0. The summed E-state index contributed by atoms with van der Waals surface area (Å²) in [6.45, 7) is 11.1. The first-order chi connectivity index (χ1) is 10.7. The van der Waals surface area contributed by atoms with Gasteiger partial charge in [0.15, 0.2) is 0 Å². The van der Waals surface area contributed by atoms with Crippen LogP contribution in [0.4, 0.5) is 0 Å². The van der Waals surface area contributed by atoms with Crippen LogP contribution in [0.3, 0.4) is 0 Å². The standard InChI is InChI=1S/C16H36NPS.C3H8/c1-5-7-8-10-13-18-14-11-9-12-16(19-6-2)15(3)17-4;1-3-2/h15-18H,5-14H2,1-4H3;3H2,1-2H3. The quantitative estimate of drug-likeness (QED) is 0.281. The molecule has 0 amide bonds. The highest BCUT2D eigenvalue weighted by molar-refractivity contribution is 7.99. The van der Waals surface area contributed by atoms with Crippen LogP contribution in [0.2, 0.25) is 0 Å². The van der Waals surface area contributed by atoms with E-state index < -0.39 is 0 Å². The minimum atomic E-state index is 0.654. The highest BCUT2D eigenvalue weighted by Gasteiger charge is 2.14. The Labute approximate surface area is 148 Å². The molecule has 0 aliphatic carbocycles. The molecule has 0 aliphatic heterocycles. The molecule has 0 aromatic carbocycles. The van der Waals surface area contributed by atoms with Crippen LogP contribution in [-0.2, 0) is 0 Å². The highest BCUT2D eigenvalue weighted by Crippen LogP contribution is 2.22. The fourth-order valence-electron chi connectivity index (χ4n) is 2.27. The Kier molecular flexibility index (Phi) is 24.7. The van der Waals surface area contributed by atoms with E-state index in [1.807, 2.05) is 0 Å². The van der Waals surface area contributed by atoms with Gasteiger partial charge in [0.25, 0.3) is 0 Å². The average Bonchev–Trinajstić information content (AvgIpc) is 2.52. The minimum absolute atomic E-state index is 0.654. The molecule has 0 bridgehead atoms. The lowest BCUT2D eigenvalue weighted by atomic mass is 10.1. The third-order valence-corrected chi connectivity index (χ3v) is 6.51. The third-order valence-electron chi connectivity index (χ3n) is 3.69. The van der Waals surface area contributed by atoms with Crippen LogP contribution >= 0.6 is 20.3 Å². The lowest BCUT2D eigenvalue weighted by molar-refractivity contribution is 0.540. The summed E-state index contributed by atoms with van der Waals surface area (Å²) in [5.74, 6) is 1.25. The maximum atomic E-state index is 3.41. The van der Waals surface area contributed by atoms with Gasteiger partial charge in [-0.2, -0.15) is 11.8 Å². The van der Waals surface area contributed by atoms with E-state index in [4.69, 9.17) is 0 Å². The van der Waals surface area contributed by atoms with Gasteiger partial charge in [-0.1, -0.05) is 59.8 Å². The number of hydrogen-bond acceptors (Lipinski definition) is 2. The number of nitrogens with one attached hydrogen (secondary N) is 1. The minimum Gasteiger partial charge on any atom is -0.316 e. The second-order valence-electron chi connectivity index (χ2n) is 6.08. The lowest BCUT2D eigenvalue weighted by Crippen LogP contribution is -2.32. The van der Waals surface area contributed by atoms with E-state index in [1.54, 1.807) is 0 Å². The molecule has 1 nitrogen and oxygen atoms in total. The summed E-state index contributed by atoms with van der Waals surface area (Å²) in [7, 11) is 3.31. The van der Waals surface area contributed by atoms with E-state index in [-0.39, 0.29) is 0 Å². The lowest BCUT2D eigenvalue weighted by Gasteiger charge is -2.22. The zero-order valence-electron chi connectivity index (χ0n) is 16.3. The summed E-state index contributed by atoms with van der Waals surface area (Å²) in [5, 5.41) is 4.22. The number of thioether (sulfide) groups is 1. The molecule has 0 heterocycles. The Hall–Kier alpha value is 0.740. The molecular weight excluding hydrogens is 305 g/mol. The monoisotopic (exact) mass is 349 g/mol. The average molecular weight is 350 g/mol. The van der Waals surface area contributed by atoms with Gasteiger partial charge in [0, 0.05) is 11.3 Å². The Morgan fingerprint density at radius 2 is 1.50 bits per heavy atom. The summed E-state index contributed by atoms with van der Waals surface area (Å²) in [6.07, 6.45) is 14.2. The van der Waals surface area contributed by atoms with Gasteiger partial charge < -0.3 is 5.32 Å². The van der Waals surface area contributed by atoms with Crippen LogP contribution in [0.15, 0.2) is 0 Å². The van der Waals surface area contributed by atoms with Gasteiger partial charge in [0.2, 0.25) is 0 Å². The molecule has 0 radical (unpaired) electrons. The molecule has 0 saturated carbocycles. The molecule has 1 N–H and O–H groups in total. The fraction of sp³-hybridized carbons (Fsp3) is 1.00. The predicted octanol–water partition coefficient (Wildman–Crippen LogP) is 6.56. The van der Waals surface area contributed by atoms with Gasteiger partial charge in [-0.3, -0.25) is 0 Å². The van der Waals surface area contributed by atoms with Crippen molar-refractivity contribution in [3.05, 3.63) is 0 Å². The molecule has 0 aliphatic rings. The Balaban J connectivity index is 0. The van der Waals surface area contributed by atoms with Crippen LogP contribution in [0.1, 0.15) is 86.0 Å². The van der Waals surface area contributed by atoms with Crippen molar-refractivity contribution >= 4 is 20.3 Å². The van der Waals surface area contributed by atoms with Crippen molar-refractivity contribution in [2.24, 2.45) is 0 Å². The van der Waals surface area contributed by atoms with Gasteiger partial charge in [0.05, 0.1) is 0 Å². The first-order valence-electron chi connectivity index (χ1n) is 9.67. The van der Waals surface area contributed by atoms with Crippen LogP contribution in [0.25, 0.3) is 0 Å². The largest absolute Gasteiger partial charge is 0.316 e. The Morgan fingerprint density at radius 3 is 2.00 bits per heavy atom. The summed E-state index contributed by atoms with van der Waals surface area (Å²) >= 11 is 2.13. The highest BCUT2D eigenvalue weighted by atomic mass is 32.2. The third kappa shape index (κ3) is 18.8. The Bertz CT molecular complexity index is 190. The molecule has 3 heteroatoms. The second-order valence-corrected chi connectivity index (χ2v) is 9.10. The van der Waals surface area contributed by atoms with Crippen LogP contribution in [0, 0.1) is 0 Å². The number of unbranched alkanes of at least 4 members (excludes halogenated alkanes) is 4. The molecule has 136 valence electrons. The number of rotatable bonds is 14. The first-order valence-corrected chi connectivity index (χ1v) is 12.1. The molecule has 3 atom stereocenters. The maximum Gasteiger partial charge on any atom is 0.0198 e. The van der Waals surface area contributed by atoms with E-state index in [0.29, 0.717) is 6.04 Å². The van der Waals surface area contributed by atoms with Crippen molar-refractivity contribution in [2.75, 3.05) is 25.1 Å². The molecule has 0 rings (SSSR count). The number of hydrogen-bond donors (Lipinski definition) is 1. The van der Waals surface area contributed by atoms with Gasteiger partial charge in [0.1, 0.15) is 0 Å². The van der Waals surface area contributed by atoms with Crippen molar-refractivity contribution in [2.45, 2.75) is 97.3 Å². The van der Waals surface area contributed by atoms with E-state index in [2.05, 4.69) is 58.7 Å². The van der Waals surface area contributed by atoms with E-state index in [9.17, 15) is 0 Å². The molecule has 0 fully saturated rings. The van der Waals surface area contributed by atoms with Crippen LogP contribution in [0.5, 0.6) is 0 Å². The molecule has 0 spiro atoms. The molecule has 3 unspecified atom stereocenters. The van der Waals surface area contributed by atoms with Crippen LogP contribution in [-0.4, -0.2) is 36.4 Å². The van der Waals surface area contributed by atoms with Crippen molar-refractivity contribution in [1.29, 1.82) is 0 Å². The Morgan fingerprint density at radius 1 is 0.909 bits per heavy atom. The predicted molar refractivity (Wildman–Crippen MR) is 112 cm³/mol. The summed E-state index contributed by atoms with van der Waals surface area (Å²) in [4.78, 5) is 0. The fourth-order valence-corrected chi connectivity index (χ4v) is 4.71. The van der Waals surface area contributed by atoms with E-state index >= 15 is 0 Å². The maximum absolute atomic E-state index is 3.41. The second kappa shape index (κ2) is 21.7. The molecule has 0 aromatic heterocycles. The summed E-state index contributed by atoms with van der Waals surface area (Å²) in [5.41, 5.74) is 0.